The molecule has 0 spiro atoms. The summed E-state index contributed by atoms with van der Waals surface area (Å²) in [5.74, 6) is 0.952. The molecular formula is C16H14N2O4. The second-order valence-corrected chi connectivity index (χ2v) is 4.69. The number of nitrogens with zero attached hydrogens (tertiary/aromatic N) is 1. The predicted octanol–water partition coefficient (Wildman–Crippen LogP) is 1.68. The summed E-state index contributed by atoms with van der Waals surface area (Å²) in [6, 6.07) is 13.6. The summed E-state index contributed by atoms with van der Waals surface area (Å²) >= 11 is 0. The minimum atomic E-state index is -0.744. The number of aromatic hydroxyl groups is 1. The van der Waals surface area contributed by atoms with E-state index in [1.807, 2.05) is 12.1 Å². The molecule has 0 radical (unpaired) electrons. The Morgan fingerprint density at radius 1 is 1.18 bits per heavy atom. The number of hydrogen-bond donors (Lipinski definition) is 2. The van der Waals surface area contributed by atoms with Crippen molar-refractivity contribution in [3.05, 3.63) is 54.1 Å². The summed E-state index contributed by atoms with van der Waals surface area (Å²) in [6.07, 6.45) is 0.737. The standard InChI is InChI=1S/C16H14N2O4/c19-12-7-5-11(6-8-12)9-17-18-16(20)15-10-21-13-3-1-2-4-14(13)22-15/h1-9,15,19H,10H2,(H,18,20)/b17-9-/t15-/m1/s1. The molecule has 0 unspecified atom stereocenters. The first kappa shape index (κ1) is 13.9. The molecule has 112 valence electrons. The van der Waals surface area contributed by atoms with Gasteiger partial charge in [0.2, 0.25) is 6.10 Å². The van der Waals surface area contributed by atoms with Crippen LogP contribution in [0.25, 0.3) is 0 Å². The quantitative estimate of drug-likeness (QED) is 0.667. The topological polar surface area (TPSA) is 80.2 Å². The number of amides is 1. The zero-order valence-electron chi connectivity index (χ0n) is 11.6. The molecular weight excluding hydrogens is 284 g/mol. The van der Waals surface area contributed by atoms with E-state index in [-0.39, 0.29) is 18.3 Å². The molecule has 0 aromatic heterocycles. The lowest BCUT2D eigenvalue weighted by atomic mass is 10.2. The Hall–Kier alpha value is -3.02. The van der Waals surface area contributed by atoms with Gasteiger partial charge in [0.15, 0.2) is 11.5 Å². The van der Waals surface area contributed by atoms with Crippen molar-refractivity contribution in [2.75, 3.05) is 6.61 Å². The second-order valence-electron chi connectivity index (χ2n) is 4.69. The van der Waals surface area contributed by atoms with Gasteiger partial charge in [-0.1, -0.05) is 12.1 Å². The van der Waals surface area contributed by atoms with Gasteiger partial charge in [0, 0.05) is 0 Å². The summed E-state index contributed by atoms with van der Waals surface area (Å²) in [6.45, 7) is 0.136. The molecule has 1 aliphatic rings. The van der Waals surface area contributed by atoms with Crippen LogP contribution in [0.3, 0.4) is 0 Å². The van der Waals surface area contributed by atoms with Crippen LogP contribution in [0.1, 0.15) is 5.56 Å². The third-order valence-electron chi connectivity index (χ3n) is 3.08. The van der Waals surface area contributed by atoms with E-state index in [2.05, 4.69) is 10.5 Å². The van der Waals surface area contributed by atoms with Gasteiger partial charge < -0.3 is 14.6 Å². The van der Waals surface area contributed by atoms with Gasteiger partial charge in [0.05, 0.1) is 6.21 Å². The minimum absolute atomic E-state index is 0.136. The number of fused-ring (bicyclic) bond motifs is 1. The van der Waals surface area contributed by atoms with Gasteiger partial charge in [0.25, 0.3) is 5.91 Å². The number of carbonyl (C=O) groups is 1. The van der Waals surface area contributed by atoms with Gasteiger partial charge in [-0.25, -0.2) is 5.43 Å². The summed E-state index contributed by atoms with van der Waals surface area (Å²) in [7, 11) is 0. The molecule has 1 heterocycles. The van der Waals surface area contributed by atoms with E-state index < -0.39 is 6.10 Å². The summed E-state index contributed by atoms with van der Waals surface area (Å²) < 4.78 is 11.0. The molecule has 2 aromatic rings. The zero-order chi connectivity index (χ0) is 15.4. The first-order valence-electron chi connectivity index (χ1n) is 6.73. The maximum atomic E-state index is 12.0. The normalized spacial score (nSPS) is 16.5. The van der Waals surface area contributed by atoms with E-state index in [0.29, 0.717) is 11.5 Å². The summed E-state index contributed by atoms with van der Waals surface area (Å²) in [4.78, 5) is 12.0. The Kier molecular flexibility index (Phi) is 3.91. The smallest absolute Gasteiger partial charge is 0.284 e. The fraction of sp³-hybridized carbons (Fsp3) is 0.125. The Balaban J connectivity index is 1.58. The molecule has 22 heavy (non-hydrogen) atoms. The highest BCUT2D eigenvalue weighted by molar-refractivity contribution is 5.85. The van der Waals surface area contributed by atoms with Crippen molar-refractivity contribution < 1.29 is 19.4 Å². The Morgan fingerprint density at radius 3 is 2.68 bits per heavy atom. The molecule has 3 rings (SSSR count). The highest BCUT2D eigenvalue weighted by Crippen LogP contribution is 2.30. The summed E-state index contributed by atoms with van der Waals surface area (Å²) in [5.41, 5.74) is 3.16. The molecule has 2 N–H and O–H groups in total. The predicted molar refractivity (Wildman–Crippen MR) is 80.2 cm³/mol. The fourth-order valence-electron chi connectivity index (χ4n) is 1.95. The molecule has 0 bridgehead atoms. The van der Waals surface area contributed by atoms with Crippen LogP contribution in [-0.2, 0) is 4.79 Å². The second kappa shape index (κ2) is 6.17. The lowest BCUT2D eigenvalue weighted by molar-refractivity contribution is -0.130. The Labute approximate surface area is 127 Å². The van der Waals surface area contributed by atoms with Crippen LogP contribution in [0.2, 0.25) is 0 Å². The van der Waals surface area contributed by atoms with Crippen LogP contribution in [0.15, 0.2) is 53.6 Å². The van der Waals surface area contributed by atoms with Gasteiger partial charge in [-0.05, 0) is 42.0 Å². The number of rotatable bonds is 3. The molecule has 1 aliphatic heterocycles. The molecule has 2 aromatic carbocycles. The van der Waals surface area contributed by atoms with Crippen molar-refractivity contribution in [2.24, 2.45) is 5.10 Å². The zero-order valence-corrected chi connectivity index (χ0v) is 11.6. The molecule has 0 saturated heterocycles. The Morgan fingerprint density at radius 2 is 1.91 bits per heavy atom. The lowest BCUT2D eigenvalue weighted by Gasteiger charge is -2.24. The van der Waals surface area contributed by atoms with Crippen LogP contribution < -0.4 is 14.9 Å². The molecule has 1 amide bonds. The first-order chi connectivity index (χ1) is 10.7. The van der Waals surface area contributed by atoms with Gasteiger partial charge in [-0.3, -0.25) is 4.79 Å². The molecule has 0 saturated carbocycles. The van der Waals surface area contributed by atoms with Gasteiger partial charge in [-0.15, -0.1) is 0 Å². The van der Waals surface area contributed by atoms with E-state index in [4.69, 9.17) is 9.47 Å². The Bertz CT molecular complexity index is 698. The number of hydrazone groups is 1. The molecule has 6 nitrogen and oxygen atoms in total. The van der Waals surface area contributed by atoms with E-state index in [0.717, 1.165) is 5.56 Å². The van der Waals surface area contributed by atoms with Gasteiger partial charge in [-0.2, -0.15) is 5.10 Å². The van der Waals surface area contributed by atoms with E-state index >= 15 is 0 Å². The molecule has 0 aliphatic carbocycles. The van der Waals surface area contributed by atoms with E-state index in [9.17, 15) is 9.90 Å². The van der Waals surface area contributed by atoms with Crippen LogP contribution in [-0.4, -0.2) is 29.9 Å². The maximum Gasteiger partial charge on any atom is 0.284 e. The van der Waals surface area contributed by atoms with Crippen LogP contribution in [0.5, 0.6) is 17.2 Å². The van der Waals surface area contributed by atoms with Crippen LogP contribution in [0.4, 0.5) is 0 Å². The van der Waals surface area contributed by atoms with Crippen molar-refractivity contribution in [3.63, 3.8) is 0 Å². The minimum Gasteiger partial charge on any atom is -0.508 e. The van der Waals surface area contributed by atoms with Crippen molar-refractivity contribution in [1.82, 2.24) is 5.43 Å². The first-order valence-corrected chi connectivity index (χ1v) is 6.73. The number of hydrogen-bond acceptors (Lipinski definition) is 5. The monoisotopic (exact) mass is 298 g/mol. The largest absolute Gasteiger partial charge is 0.508 e. The SMILES string of the molecule is O=C(N/N=C\c1ccc(O)cc1)[C@H]1COc2ccccc2O1. The summed E-state index contributed by atoms with van der Waals surface area (Å²) in [5, 5.41) is 13.0. The number of para-hydroxylation sites is 2. The number of phenols is 1. The lowest BCUT2D eigenvalue weighted by Crippen LogP contribution is -2.42. The average molecular weight is 298 g/mol. The van der Waals surface area contributed by atoms with Crippen molar-refractivity contribution in [2.45, 2.75) is 6.10 Å². The molecule has 0 fully saturated rings. The van der Waals surface area contributed by atoms with Gasteiger partial charge in [0.1, 0.15) is 12.4 Å². The number of phenolic OH excluding ortho intramolecular Hbond substituents is 1. The highest BCUT2D eigenvalue weighted by atomic mass is 16.6. The molecule has 6 heteroatoms. The number of carbonyl (C=O) groups excluding carboxylic acids is 1. The average Bonchev–Trinajstić information content (AvgIpc) is 2.56. The third-order valence-corrected chi connectivity index (χ3v) is 3.08. The number of nitrogens with one attached hydrogen (secondary N) is 1. The van der Waals surface area contributed by atoms with Crippen molar-refractivity contribution in [1.29, 1.82) is 0 Å². The molecule has 1 atom stereocenters. The van der Waals surface area contributed by atoms with E-state index in [1.54, 1.807) is 24.3 Å². The number of ether oxygens (including phenoxy) is 2. The van der Waals surface area contributed by atoms with Crippen LogP contribution >= 0.6 is 0 Å². The highest BCUT2D eigenvalue weighted by Gasteiger charge is 2.26. The van der Waals surface area contributed by atoms with Crippen molar-refractivity contribution in [3.8, 4) is 17.2 Å². The van der Waals surface area contributed by atoms with E-state index in [1.165, 1.54) is 18.3 Å². The van der Waals surface area contributed by atoms with Crippen LogP contribution in [0, 0.1) is 0 Å². The number of benzene rings is 2. The van der Waals surface area contributed by atoms with Gasteiger partial charge >= 0.3 is 0 Å². The third kappa shape index (κ3) is 3.17. The maximum absolute atomic E-state index is 12.0. The fourth-order valence-corrected chi connectivity index (χ4v) is 1.95. The van der Waals surface area contributed by atoms with Crippen molar-refractivity contribution >= 4 is 12.1 Å².